The summed E-state index contributed by atoms with van der Waals surface area (Å²) in [7, 11) is 0. The highest BCUT2D eigenvalue weighted by molar-refractivity contribution is 6.13. The van der Waals surface area contributed by atoms with Crippen LogP contribution in [0.15, 0.2) is 97.3 Å². The van der Waals surface area contributed by atoms with Crippen molar-refractivity contribution >= 4 is 39.4 Å². The molecule has 0 aliphatic carbocycles. The number of hydrogen-bond donors (Lipinski definition) is 2. The van der Waals surface area contributed by atoms with E-state index in [9.17, 15) is 14.7 Å². The zero-order chi connectivity index (χ0) is 22.8. The number of rotatable bonds is 6. The molecule has 6 nitrogen and oxygen atoms in total. The van der Waals surface area contributed by atoms with Gasteiger partial charge in [0.2, 0.25) is 0 Å². The first-order valence-electron chi connectivity index (χ1n) is 10.6. The van der Waals surface area contributed by atoms with Crippen LogP contribution in [0, 0.1) is 0 Å². The number of nitrogens with zero attached hydrogens (tertiary/aromatic N) is 2. The molecule has 5 rings (SSSR count). The van der Waals surface area contributed by atoms with Gasteiger partial charge in [-0.1, -0.05) is 66.7 Å². The SMILES string of the molecule is O=C(O)CC(c1ccccc1)n1cnc2cc(NC(=O)c3cccc4ccccc34)ccc21. The number of imidazole rings is 1. The van der Waals surface area contributed by atoms with Gasteiger partial charge in [-0.3, -0.25) is 9.59 Å². The Morgan fingerprint density at radius 3 is 2.48 bits per heavy atom. The Kier molecular flexibility index (Phi) is 5.32. The number of carbonyl (C=O) groups is 2. The molecule has 6 heteroatoms. The topological polar surface area (TPSA) is 84.2 Å². The van der Waals surface area contributed by atoms with Crippen molar-refractivity contribution in [3.8, 4) is 0 Å². The Morgan fingerprint density at radius 1 is 0.909 bits per heavy atom. The smallest absolute Gasteiger partial charge is 0.305 e. The summed E-state index contributed by atoms with van der Waals surface area (Å²) < 4.78 is 1.87. The minimum Gasteiger partial charge on any atom is -0.481 e. The number of aliphatic carboxylic acids is 1. The van der Waals surface area contributed by atoms with Crippen LogP contribution in [-0.2, 0) is 4.79 Å². The third-order valence-corrected chi connectivity index (χ3v) is 5.76. The summed E-state index contributed by atoms with van der Waals surface area (Å²) in [6.45, 7) is 0. The van der Waals surface area contributed by atoms with Crippen LogP contribution in [0.5, 0.6) is 0 Å². The molecule has 0 saturated heterocycles. The largest absolute Gasteiger partial charge is 0.481 e. The molecule has 0 bridgehead atoms. The fourth-order valence-corrected chi connectivity index (χ4v) is 4.20. The number of fused-ring (bicyclic) bond motifs is 2. The minimum absolute atomic E-state index is 0.0605. The van der Waals surface area contributed by atoms with Crippen LogP contribution in [0.1, 0.15) is 28.4 Å². The van der Waals surface area contributed by atoms with Crippen molar-refractivity contribution in [3.63, 3.8) is 0 Å². The van der Waals surface area contributed by atoms with Crippen molar-refractivity contribution in [2.45, 2.75) is 12.5 Å². The maximum atomic E-state index is 13.0. The van der Waals surface area contributed by atoms with Crippen molar-refractivity contribution in [3.05, 3.63) is 108 Å². The fraction of sp³-hybridized carbons (Fsp3) is 0.0741. The normalized spacial score (nSPS) is 12.0. The molecule has 4 aromatic carbocycles. The molecule has 0 aliphatic rings. The number of carbonyl (C=O) groups excluding carboxylic acids is 1. The van der Waals surface area contributed by atoms with Gasteiger partial charge in [0.15, 0.2) is 0 Å². The van der Waals surface area contributed by atoms with Gasteiger partial charge < -0.3 is 15.0 Å². The highest BCUT2D eigenvalue weighted by Crippen LogP contribution is 2.28. The number of anilines is 1. The first-order valence-corrected chi connectivity index (χ1v) is 10.6. The molecule has 0 saturated carbocycles. The number of amides is 1. The molecule has 1 atom stereocenters. The summed E-state index contributed by atoms with van der Waals surface area (Å²) in [5, 5.41) is 14.3. The summed E-state index contributed by atoms with van der Waals surface area (Å²) in [6.07, 6.45) is 1.59. The maximum Gasteiger partial charge on any atom is 0.305 e. The predicted octanol–water partition coefficient (Wildman–Crippen LogP) is 5.51. The van der Waals surface area contributed by atoms with E-state index in [1.165, 1.54) is 0 Å². The van der Waals surface area contributed by atoms with Crippen LogP contribution < -0.4 is 5.32 Å². The lowest BCUT2D eigenvalue weighted by atomic mass is 10.0. The molecule has 162 valence electrons. The van der Waals surface area contributed by atoms with Crippen LogP contribution in [0.25, 0.3) is 21.8 Å². The molecule has 0 radical (unpaired) electrons. The zero-order valence-electron chi connectivity index (χ0n) is 17.7. The fourth-order valence-electron chi connectivity index (χ4n) is 4.20. The first-order chi connectivity index (χ1) is 16.1. The van der Waals surface area contributed by atoms with E-state index in [1.807, 2.05) is 83.4 Å². The quantitative estimate of drug-likeness (QED) is 0.369. The van der Waals surface area contributed by atoms with Crippen molar-refractivity contribution in [1.29, 1.82) is 0 Å². The predicted molar refractivity (Wildman–Crippen MR) is 128 cm³/mol. The molecule has 1 heterocycles. The molecule has 33 heavy (non-hydrogen) atoms. The lowest BCUT2D eigenvalue weighted by molar-refractivity contribution is -0.137. The van der Waals surface area contributed by atoms with Gasteiger partial charge in [-0.2, -0.15) is 0 Å². The molecule has 1 aromatic heterocycles. The second-order valence-electron chi connectivity index (χ2n) is 7.86. The van der Waals surface area contributed by atoms with Crippen LogP contribution >= 0.6 is 0 Å². The van der Waals surface area contributed by atoms with Gasteiger partial charge in [0, 0.05) is 11.3 Å². The van der Waals surface area contributed by atoms with Crippen molar-refractivity contribution in [2.24, 2.45) is 0 Å². The molecule has 5 aromatic rings. The van der Waals surface area contributed by atoms with E-state index >= 15 is 0 Å². The van der Waals surface area contributed by atoms with E-state index in [4.69, 9.17) is 0 Å². The number of benzene rings is 4. The van der Waals surface area contributed by atoms with Gasteiger partial charge in [-0.25, -0.2) is 4.98 Å². The van der Waals surface area contributed by atoms with Gasteiger partial charge >= 0.3 is 5.97 Å². The Morgan fingerprint density at radius 2 is 1.67 bits per heavy atom. The van der Waals surface area contributed by atoms with Crippen LogP contribution in [-0.4, -0.2) is 26.5 Å². The second-order valence-corrected chi connectivity index (χ2v) is 7.86. The molecule has 0 fully saturated rings. The summed E-state index contributed by atoms with van der Waals surface area (Å²) in [5.74, 6) is -1.08. The summed E-state index contributed by atoms with van der Waals surface area (Å²) >= 11 is 0. The highest BCUT2D eigenvalue weighted by Gasteiger charge is 2.20. The summed E-state index contributed by atoms with van der Waals surface area (Å²) in [6, 6.07) is 28.0. The Hall–Kier alpha value is -4.45. The number of carboxylic acids is 1. The molecule has 0 spiro atoms. The van der Waals surface area contributed by atoms with E-state index in [0.29, 0.717) is 16.8 Å². The lowest BCUT2D eigenvalue weighted by Crippen LogP contribution is -2.14. The standard InChI is InChI=1S/C27H21N3O3/c31-26(32)16-25(19-8-2-1-3-9-19)30-17-28-23-15-20(13-14-24(23)30)29-27(33)22-12-6-10-18-7-4-5-11-21(18)22/h1-15,17,25H,16H2,(H,29,33)(H,31,32). The van der Waals surface area contributed by atoms with Gasteiger partial charge in [0.05, 0.1) is 29.8 Å². The van der Waals surface area contributed by atoms with E-state index in [1.54, 1.807) is 18.5 Å². The van der Waals surface area contributed by atoms with Crippen LogP contribution in [0.2, 0.25) is 0 Å². The Bertz CT molecular complexity index is 1470. The van der Waals surface area contributed by atoms with Gasteiger partial charge in [-0.05, 0) is 40.6 Å². The second kappa shape index (κ2) is 8.59. The van der Waals surface area contributed by atoms with Crippen molar-refractivity contribution in [2.75, 3.05) is 5.32 Å². The average Bonchev–Trinajstić information content (AvgIpc) is 3.25. The summed E-state index contributed by atoms with van der Waals surface area (Å²) in [5.41, 5.74) is 3.60. The van der Waals surface area contributed by atoms with Crippen molar-refractivity contribution < 1.29 is 14.7 Å². The molecular formula is C27H21N3O3. The molecule has 1 unspecified atom stereocenters. The van der Waals surface area contributed by atoms with Crippen LogP contribution in [0.3, 0.4) is 0 Å². The monoisotopic (exact) mass is 435 g/mol. The van der Waals surface area contributed by atoms with E-state index in [-0.39, 0.29) is 18.4 Å². The van der Waals surface area contributed by atoms with Gasteiger partial charge in [-0.15, -0.1) is 0 Å². The Balaban J connectivity index is 1.46. The summed E-state index contributed by atoms with van der Waals surface area (Å²) in [4.78, 5) is 29.0. The van der Waals surface area contributed by atoms with E-state index < -0.39 is 5.97 Å². The number of hydrogen-bond acceptors (Lipinski definition) is 3. The zero-order valence-corrected chi connectivity index (χ0v) is 17.7. The number of carboxylic acid groups (broad SMARTS) is 1. The third kappa shape index (κ3) is 4.06. The molecular weight excluding hydrogens is 414 g/mol. The highest BCUT2D eigenvalue weighted by atomic mass is 16.4. The van der Waals surface area contributed by atoms with Gasteiger partial charge in [0.1, 0.15) is 0 Å². The van der Waals surface area contributed by atoms with Gasteiger partial charge in [0.25, 0.3) is 5.91 Å². The van der Waals surface area contributed by atoms with E-state index in [2.05, 4.69) is 10.3 Å². The third-order valence-electron chi connectivity index (χ3n) is 5.76. The number of aromatic nitrogens is 2. The molecule has 2 N–H and O–H groups in total. The average molecular weight is 435 g/mol. The number of nitrogens with one attached hydrogen (secondary N) is 1. The minimum atomic E-state index is -0.885. The maximum absolute atomic E-state index is 13.0. The van der Waals surface area contributed by atoms with Crippen molar-refractivity contribution in [1.82, 2.24) is 9.55 Å². The first kappa shape index (κ1) is 20.5. The van der Waals surface area contributed by atoms with Crippen LogP contribution in [0.4, 0.5) is 5.69 Å². The molecule has 1 amide bonds. The lowest BCUT2D eigenvalue weighted by Gasteiger charge is -2.18. The molecule has 0 aliphatic heterocycles. The van der Waals surface area contributed by atoms with E-state index in [0.717, 1.165) is 21.9 Å². The Labute approximate surface area is 190 Å².